The molecule has 0 aliphatic carbocycles. The Balaban J connectivity index is 1.87. The van der Waals surface area contributed by atoms with E-state index in [1.165, 1.54) is 6.20 Å². The van der Waals surface area contributed by atoms with Crippen LogP contribution in [0.25, 0.3) is 5.52 Å². The number of carbonyl (C=O) groups is 2. The molecule has 1 aromatic carbocycles. The van der Waals surface area contributed by atoms with Gasteiger partial charge in [0.2, 0.25) is 0 Å². The van der Waals surface area contributed by atoms with Crippen molar-refractivity contribution in [2.24, 2.45) is 0 Å². The van der Waals surface area contributed by atoms with Crippen molar-refractivity contribution < 1.29 is 14.3 Å². The number of benzene rings is 1. The molecule has 0 unspecified atom stereocenters. The number of aryl methyl sites for hydroxylation is 1. The number of nitrogens with zero attached hydrogens (tertiary/aromatic N) is 2. The van der Waals surface area contributed by atoms with Crippen LogP contribution in [0, 0.1) is 6.92 Å². The van der Waals surface area contributed by atoms with Gasteiger partial charge in [0.15, 0.2) is 0 Å². The number of pyridine rings is 1. The summed E-state index contributed by atoms with van der Waals surface area (Å²) in [4.78, 5) is 24.2. The molecule has 0 saturated carbocycles. The van der Waals surface area contributed by atoms with E-state index in [-0.39, 0.29) is 5.91 Å². The van der Waals surface area contributed by atoms with Crippen LogP contribution in [0.15, 0.2) is 48.8 Å². The zero-order valence-electron chi connectivity index (χ0n) is 13.4. The Kier molecular flexibility index (Phi) is 4.29. The molecule has 122 valence electrons. The maximum absolute atomic E-state index is 12.3. The lowest BCUT2D eigenvalue weighted by Gasteiger charge is -2.07. The van der Waals surface area contributed by atoms with Gasteiger partial charge in [-0.2, -0.15) is 5.10 Å². The van der Waals surface area contributed by atoms with Crippen LogP contribution < -0.4 is 5.32 Å². The molecule has 0 aliphatic rings. The number of amides is 1. The number of anilines is 1. The molecular weight excluding hydrogens is 306 g/mol. The average Bonchev–Trinajstić information content (AvgIpc) is 2.99. The molecule has 1 amide bonds. The summed E-state index contributed by atoms with van der Waals surface area (Å²) >= 11 is 0. The van der Waals surface area contributed by atoms with Crippen LogP contribution in [-0.2, 0) is 4.74 Å². The van der Waals surface area contributed by atoms with Gasteiger partial charge in [-0.1, -0.05) is 17.7 Å². The van der Waals surface area contributed by atoms with E-state index >= 15 is 0 Å². The van der Waals surface area contributed by atoms with Crippen LogP contribution in [0.1, 0.15) is 33.2 Å². The SMILES string of the molecule is CCOC(=O)c1cnn2ccc(NC(=O)c3ccc(C)cc3)cc12. The van der Waals surface area contributed by atoms with E-state index in [0.29, 0.717) is 28.9 Å². The summed E-state index contributed by atoms with van der Waals surface area (Å²) in [6.45, 7) is 4.00. The van der Waals surface area contributed by atoms with E-state index in [1.54, 1.807) is 41.9 Å². The van der Waals surface area contributed by atoms with Gasteiger partial charge in [-0.15, -0.1) is 0 Å². The molecule has 0 saturated heterocycles. The summed E-state index contributed by atoms with van der Waals surface area (Å²) in [5.74, 6) is -0.647. The highest BCUT2D eigenvalue weighted by atomic mass is 16.5. The second-order valence-electron chi connectivity index (χ2n) is 5.34. The maximum atomic E-state index is 12.3. The number of esters is 1. The van der Waals surface area contributed by atoms with Gasteiger partial charge in [-0.05, 0) is 38.1 Å². The third-order valence-corrected chi connectivity index (χ3v) is 3.59. The second kappa shape index (κ2) is 6.54. The summed E-state index contributed by atoms with van der Waals surface area (Å²) in [6.07, 6.45) is 3.14. The molecule has 0 fully saturated rings. The number of hydrogen-bond donors (Lipinski definition) is 1. The standard InChI is InChI=1S/C18H17N3O3/c1-3-24-18(23)15-11-19-21-9-8-14(10-16(15)21)20-17(22)13-6-4-12(2)5-7-13/h4-11H,3H2,1-2H3,(H,20,22). The van der Waals surface area contributed by atoms with Crippen molar-refractivity contribution in [1.82, 2.24) is 9.61 Å². The normalized spacial score (nSPS) is 10.6. The molecule has 0 atom stereocenters. The minimum absolute atomic E-state index is 0.212. The van der Waals surface area contributed by atoms with Crippen molar-refractivity contribution in [3.63, 3.8) is 0 Å². The summed E-state index contributed by atoms with van der Waals surface area (Å²) < 4.78 is 6.58. The van der Waals surface area contributed by atoms with Gasteiger partial charge in [0.1, 0.15) is 5.56 Å². The number of rotatable bonds is 4. The molecule has 1 N–H and O–H groups in total. The molecule has 0 bridgehead atoms. The Labute approximate surface area is 139 Å². The molecule has 0 aliphatic heterocycles. The van der Waals surface area contributed by atoms with Gasteiger partial charge >= 0.3 is 5.97 Å². The van der Waals surface area contributed by atoms with Crippen LogP contribution in [0.4, 0.5) is 5.69 Å². The first-order chi connectivity index (χ1) is 11.6. The van der Waals surface area contributed by atoms with Gasteiger partial charge in [0.25, 0.3) is 5.91 Å². The van der Waals surface area contributed by atoms with Crippen LogP contribution in [0.3, 0.4) is 0 Å². The van der Waals surface area contributed by atoms with Crippen molar-refractivity contribution in [3.05, 3.63) is 65.5 Å². The lowest BCUT2D eigenvalue weighted by Crippen LogP contribution is -2.12. The van der Waals surface area contributed by atoms with Crippen molar-refractivity contribution in [2.45, 2.75) is 13.8 Å². The summed E-state index contributed by atoms with van der Waals surface area (Å²) in [6, 6.07) is 10.7. The van der Waals surface area contributed by atoms with Gasteiger partial charge in [0.05, 0.1) is 18.3 Å². The summed E-state index contributed by atoms with van der Waals surface area (Å²) in [7, 11) is 0. The zero-order chi connectivity index (χ0) is 17.1. The number of carbonyl (C=O) groups excluding carboxylic acids is 2. The van der Waals surface area contributed by atoms with Crippen molar-refractivity contribution in [2.75, 3.05) is 11.9 Å². The fourth-order valence-corrected chi connectivity index (χ4v) is 2.33. The highest BCUT2D eigenvalue weighted by Crippen LogP contribution is 2.18. The van der Waals surface area contributed by atoms with E-state index in [4.69, 9.17) is 4.74 Å². The minimum atomic E-state index is -0.436. The van der Waals surface area contributed by atoms with Crippen LogP contribution >= 0.6 is 0 Å². The molecule has 24 heavy (non-hydrogen) atoms. The Morgan fingerprint density at radius 3 is 2.67 bits per heavy atom. The molecule has 3 rings (SSSR count). The predicted octanol–water partition coefficient (Wildman–Crippen LogP) is 3.07. The molecule has 0 radical (unpaired) electrons. The first kappa shape index (κ1) is 15.7. The van der Waals surface area contributed by atoms with Crippen LogP contribution in [-0.4, -0.2) is 28.1 Å². The average molecular weight is 323 g/mol. The molecule has 2 heterocycles. The van der Waals surface area contributed by atoms with Gasteiger partial charge in [-0.3, -0.25) is 4.79 Å². The summed E-state index contributed by atoms with van der Waals surface area (Å²) in [5.41, 5.74) is 3.18. The second-order valence-corrected chi connectivity index (χ2v) is 5.34. The van der Waals surface area contributed by atoms with E-state index < -0.39 is 5.97 Å². The Bertz CT molecular complexity index is 898. The van der Waals surface area contributed by atoms with E-state index in [0.717, 1.165) is 5.56 Å². The van der Waals surface area contributed by atoms with Crippen molar-refractivity contribution >= 4 is 23.1 Å². The van der Waals surface area contributed by atoms with Crippen molar-refractivity contribution in [1.29, 1.82) is 0 Å². The smallest absolute Gasteiger partial charge is 0.341 e. The predicted molar refractivity (Wildman–Crippen MR) is 90.3 cm³/mol. The first-order valence-corrected chi connectivity index (χ1v) is 7.61. The monoisotopic (exact) mass is 323 g/mol. The number of ether oxygens (including phenoxy) is 1. The molecule has 2 aromatic heterocycles. The lowest BCUT2D eigenvalue weighted by atomic mass is 10.1. The number of fused-ring (bicyclic) bond motifs is 1. The largest absolute Gasteiger partial charge is 0.462 e. The van der Waals surface area contributed by atoms with Gasteiger partial charge in [0, 0.05) is 17.4 Å². The zero-order valence-corrected chi connectivity index (χ0v) is 13.4. The van der Waals surface area contributed by atoms with Crippen LogP contribution in [0.5, 0.6) is 0 Å². The third-order valence-electron chi connectivity index (χ3n) is 3.59. The summed E-state index contributed by atoms with van der Waals surface area (Å²) in [5, 5.41) is 6.94. The molecule has 3 aromatic rings. The first-order valence-electron chi connectivity index (χ1n) is 7.61. The van der Waals surface area contributed by atoms with Gasteiger partial charge < -0.3 is 10.1 Å². The fourth-order valence-electron chi connectivity index (χ4n) is 2.33. The maximum Gasteiger partial charge on any atom is 0.341 e. The van der Waals surface area contributed by atoms with Crippen molar-refractivity contribution in [3.8, 4) is 0 Å². The topological polar surface area (TPSA) is 72.7 Å². The Hall–Kier alpha value is -3.15. The number of nitrogens with one attached hydrogen (secondary N) is 1. The van der Waals surface area contributed by atoms with E-state index in [2.05, 4.69) is 10.4 Å². The highest BCUT2D eigenvalue weighted by Gasteiger charge is 2.14. The molecule has 6 heteroatoms. The Morgan fingerprint density at radius 2 is 1.96 bits per heavy atom. The molecule has 6 nitrogen and oxygen atoms in total. The fraction of sp³-hybridized carbons (Fsp3) is 0.167. The van der Waals surface area contributed by atoms with Crippen LogP contribution in [0.2, 0.25) is 0 Å². The molecule has 0 spiro atoms. The number of aromatic nitrogens is 2. The highest BCUT2D eigenvalue weighted by molar-refractivity contribution is 6.05. The van der Waals surface area contributed by atoms with E-state index in [1.807, 2.05) is 19.1 Å². The Morgan fingerprint density at radius 1 is 1.21 bits per heavy atom. The molecular formula is C18H17N3O3. The quantitative estimate of drug-likeness (QED) is 0.749. The third kappa shape index (κ3) is 3.12. The van der Waals surface area contributed by atoms with E-state index in [9.17, 15) is 9.59 Å². The lowest BCUT2D eigenvalue weighted by molar-refractivity contribution is 0.0528. The minimum Gasteiger partial charge on any atom is -0.462 e. The number of hydrogen-bond acceptors (Lipinski definition) is 4. The van der Waals surface area contributed by atoms with Gasteiger partial charge in [-0.25, -0.2) is 9.31 Å².